The van der Waals surface area contributed by atoms with Crippen molar-refractivity contribution in [2.45, 2.75) is 18.7 Å². The Kier molecular flexibility index (Phi) is 6.25. The Morgan fingerprint density at radius 1 is 1.45 bits per heavy atom. The minimum Gasteiger partial charge on any atom is -0.389 e. The Morgan fingerprint density at radius 3 is 2.60 bits per heavy atom. The van der Waals surface area contributed by atoms with Gasteiger partial charge in [0, 0.05) is 34.4 Å². The molecule has 1 aromatic carbocycles. The Hall–Kier alpha value is -0.830. The van der Waals surface area contributed by atoms with Crippen molar-refractivity contribution in [3.05, 3.63) is 29.3 Å². The van der Waals surface area contributed by atoms with Gasteiger partial charge in [0.25, 0.3) is 0 Å². The van der Waals surface area contributed by atoms with Crippen LogP contribution >= 0.6 is 12.2 Å². The molecule has 1 atom stereocenters. The molecule has 0 bridgehead atoms. The molecule has 112 valence electrons. The van der Waals surface area contributed by atoms with Crippen LogP contribution in [-0.4, -0.2) is 35.7 Å². The predicted molar refractivity (Wildman–Crippen MR) is 85.8 cm³/mol. The summed E-state index contributed by atoms with van der Waals surface area (Å²) in [7, 11) is -4.60. The van der Waals surface area contributed by atoms with Crippen LogP contribution in [0.2, 0.25) is 0 Å². The summed E-state index contributed by atoms with van der Waals surface area (Å²) in [5.41, 5.74) is 6.70. The van der Waals surface area contributed by atoms with Gasteiger partial charge in [-0.3, -0.25) is 4.21 Å². The molecular formula is C12H18N2O3S3. The van der Waals surface area contributed by atoms with Crippen LogP contribution in [0.1, 0.15) is 18.1 Å². The normalized spacial score (nSPS) is 13.1. The van der Waals surface area contributed by atoms with Crippen molar-refractivity contribution < 1.29 is 12.6 Å². The van der Waals surface area contributed by atoms with Crippen molar-refractivity contribution in [2.24, 2.45) is 5.73 Å². The Labute approximate surface area is 127 Å². The Morgan fingerprint density at radius 2 is 2.10 bits per heavy atom. The molecule has 20 heavy (non-hydrogen) atoms. The van der Waals surface area contributed by atoms with E-state index >= 15 is 0 Å². The molecule has 0 aromatic heterocycles. The summed E-state index contributed by atoms with van der Waals surface area (Å²) in [5.74, 6) is 0.823. The lowest BCUT2D eigenvalue weighted by atomic mass is 10.1. The lowest BCUT2D eigenvalue weighted by Crippen LogP contribution is -2.28. The molecule has 0 aliphatic heterocycles. The number of hydrogen-bond acceptors (Lipinski definition) is 4. The van der Waals surface area contributed by atoms with Crippen molar-refractivity contribution >= 4 is 38.0 Å². The third kappa shape index (κ3) is 4.62. The molecule has 0 amide bonds. The third-order valence-corrected chi connectivity index (χ3v) is 5.85. The zero-order valence-electron chi connectivity index (χ0n) is 11.4. The lowest BCUT2D eigenvalue weighted by molar-refractivity contribution is 0.583. The van der Waals surface area contributed by atoms with Crippen LogP contribution < -0.4 is 10.5 Å². The molecular weight excluding hydrogens is 316 g/mol. The second-order valence-electron chi connectivity index (χ2n) is 4.17. The molecule has 0 radical (unpaired) electrons. The van der Waals surface area contributed by atoms with E-state index in [4.69, 9.17) is 18.0 Å². The fraction of sp³-hybridized carbons (Fsp3) is 0.417. The molecule has 0 aliphatic carbocycles. The summed E-state index contributed by atoms with van der Waals surface area (Å²) in [5, 5.41) is 0. The number of hydrogen-bond donors (Lipinski definition) is 2. The first-order valence-electron chi connectivity index (χ1n) is 6.03. The fourth-order valence-electron chi connectivity index (χ4n) is 1.62. The average Bonchev–Trinajstić information content (AvgIpc) is 2.37. The second-order valence-corrected chi connectivity index (χ2v) is 8.22. The topological polar surface area (TPSA) is 89.3 Å². The molecule has 1 unspecified atom stereocenters. The standard InChI is InChI=1S/C12H18N2O3S3/c1-3-19(15)7-6-14-20(16,17)11-5-4-10(12(13)18)8-9(11)2/h4-5,8,14H,3,6-7H2,1-2H3,(H2,13,18). The van der Waals surface area contributed by atoms with E-state index in [2.05, 4.69) is 4.72 Å². The number of sulfonamides is 1. The highest BCUT2D eigenvalue weighted by atomic mass is 32.2. The summed E-state index contributed by atoms with van der Waals surface area (Å²) in [6.07, 6.45) is 0. The fourth-order valence-corrected chi connectivity index (χ4v) is 3.75. The van der Waals surface area contributed by atoms with E-state index in [9.17, 15) is 12.6 Å². The van der Waals surface area contributed by atoms with Crippen LogP contribution in [0.25, 0.3) is 0 Å². The van der Waals surface area contributed by atoms with Crippen LogP contribution in [0.15, 0.2) is 23.1 Å². The van der Waals surface area contributed by atoms with Gasteiger partial charge in [-0.05, 0) is 24.6 Å². The van der Waals surface area contributed by atoms with Crippen molar-refractivity contribution in [2.75, 3.05) is 18.1 Å². The largest absolute Gasteiger partial charge is 0.389 e. The van der Waals surface area contributed by atoms with Crippen LogP contribution in [0.4, 0.5) is 0 Å². The van der Waals surface area contributed by atoms with E-state index in [0.29, 0.717) is 22.6 Å². The molecule has 0 heterocycles. The van der Waals surface area contributed by atoms with Gasteiger partial charge in [0.1, 0.15) is 4.99 Å². The van der Waals surface area contributed by atoms with Gasteiger partial charge in [0.15, 0.2) is 0 Å². The van der Waals surface area contributed by atoms with Gasteiger partial charge in [-0.25, -0.2) is 13.1 Å². The van der Waals surface area contributed by atoms with Gasteiger partial charge in [0.05, 0.1) is 4.90 Å². The van der Waals surface area contributed by atoms with E-state index < -0.39 is 20.8 Å². The van der Waals surface area contributed by atoms with Crippen LogP contribution in [0.5, 0.6) is 0 Å². The molecule has 8 heteroatoms. The average molecular weight is 334 g/mol. The minimum absolute atomic E-state index is 0.152. The number of aryl methyl sites for hydroxylation is 1. The van der Waals surface area contributed by atoms with Crippen molar-refractivity contribution in [1.82, 2.24) is 4.72 Å². The number of nitrogens with two attached hydrogens (primary N) is 1. The highest BCUT2D eigenvalue weighted by Crippen LogP contribution is 2.16. The van der Waals surface area contributed by atoms with Gasteiger partial charge < -0.3 is 5.73 Å². The molecule has 1 rings (SSSR count). The maximum Gasteiger partial charge on any atom is 0.240 e. The van der Waals surface area contributed by atoms with Gasteiger partial charge >= 0.3 is 0 Å². The third-order valence-electron chi connectivity index (χ3n) is 2.69. The quantitative estimate of drug-likeness (QED) is 0.716. The molecule has 0 fully saturated rings. The van der Waals surface area contributed by atoms with Gasteiger partial charge in [-0.1, -0.05) is 25.2 Å². The summed E-state index contributed by atoms with van der Waals surface area (Å²) in [6, 6.07) is 4.69. The molecule has 0 saturated carbocycles. The molecule has 5 nitrogen and oxygen atoms in total. The first kappa shape index (κ1) is 17.2. The highest BCUT2D eigenvalue weighted by molar-refractivity contribution is 7.89. The summed E-state index contributed by atoms with van der Waals surface area (Å²) >= 11 is 4.85. The Balaban J connectivity index is 2.87. The number of benzene rings is 1. The van der Waals surface area contributed by atoms with Crippen LogP contribution in [0, 0.1) is 6.92 Å². The van der Waals surface area contributed by atoms with E-state index in [1.54, 1.807) is 26.0 Å². The molecule has 0 aliphatic rings. The molecule has 3 N–H and O–H groups in total. The monoisotopic (exact) mass is 334 g/mol. The molecule has 1 aromatic rings. The van der Waals surface area contributed by atoms with Crippen LogP contribution in [-0.2, 0) is 20.8 Å². The van der Waals surface area contributed by atoms with Gasteiger partial charge in [0.2, 0.25) is 10.0 Å². The SMILES string of the molecule is CCS(=O)CCNS(=O)(=O)c1ccc(C(N)=S)cc1C. The predicted octanol–water partition coefficient (Wildman–Crippen LogP) is 0.676. The second kappa shape index (κ2) is 7.26. The molecule has 0 spiro atoms. The number of thiocarbonyl (C=S) groups is 1. The van der Waals surface area contributed by atoms with Gasteiger partial charge in [-0.2, -0.15) is 0 Å². The Bertz CT molecular complexity index is 627. The summed E-state index contributed by atoms with van der Waals surface area (Å²) in [4.78, 5) is 0.406. The first-order chi connectivity index (χ1) is 9.27. The van der Waals surface area contributed by atoms with E-state index in [1.807, 2.05) is 0 Å². The van der Waals surface area contributed by atoms with Crippen molar-refractivity contribution in [3.63, 3.8) is 0 Å². The highest BCUT2D eigenvalue weighted by Gasteiger charge is 2.17. The van der Waals surface area contributed by atoms with E-state index in [0.717, 1.165) is 0 Å². The smallest absolute Gasteiger partial charge is 0.240 e. The van der Waals surface area contributed by atoms with E-state index in [1.165, 1.54) is 6.07 Å². The zero-order chi connectivity index (χ0) is 15.3. The zero-order valence-corrected chi connectivity index (χ0v) is 13.8. The number of rotatable bonds is 7. The first-order valence-corrected chi connectivity index (χ1v) is 9.41. The number of nitrogens with one attached hydrogen (secondary N) is 1. The van der Waals surface area contributed by atoms with E-state index in [-0.39, 0.29) is 16.4 Å². The summed E-state index contributed by atoms with van der Waals surface area (Å²) in [6.45, 7) is 3.63. The van der Waals surface area contributed by atoms with Gasteiger partial charge in [-0.15, -0.1) is 0 Å². The molecule has 0 saturated heterocycles. The van der Waals surface area contributed by atoms with Crippen molar-refractivity contribution in [1.29, 1.82) is 0 Å². The maximum atomic E-state index is 12.1. The maximum absolute atomic E-state index is 12.1. The van der Waals surface area contributed by atoms with Crippen LogP contribution in [0.3, 0.4) is 0 Å². The van der Waals surface area contributed by atoms with Crippen molar-refractivity contribution in [3.8, 4) is 0 Å². The summed E-state index contributed by atoms with van der Waals surface area (Å²) < 4.78 is 38.0. The lowest BCUT2D eigenvalue weighted by Gasteiger charge is -2.10. The minimum atomic E-state index is -3.61.